The predicted octanol–water partition coefficient (Wildman–Crippen LogP) is 3.76. The molecule has 2 N–H and O–H groups in total. The molecule has 5 nitrogen and oxygen atoms in total. The maximum absolute atomic E-state index is 12.7. The van der Waals surface area contributed by atoms with Crippen LogP contribution in [0.4, 0.5) is 5.95 Å². The zero-order chi connectivity index (χ0) is 19.5. The molecule has 1 unspecified atom stereocenters. The maximum atomic E-state index is 12.7. The van der Waals surface area contributed by atoms with E-state index in [1.807, 2.05) is 6.07 Å². The third-order valence-electron chi connectivity index (χ3n) is 5.55. The highest BCUT2D eigenvalue weighted by Crippen LogP contribution is 2.24. The number of amides is 1. The first-order chi connectivity index (χ1) is 13.6. The van der Waals surface area contributed by atoms with E-state index < -0.39 is 0 Å². The summed E-state index contributed by atoms with van der Waals surface area (Å²) in [6.45, 7) is 6.50. The van der Waals surface area contributed by atoms with Gasteiger partial charge < -0.3 is 15.2 Å². The van der Waals surface area contributed by atoms with E-state index in [-0.39, 0.29) is 11.8 Å². The number of imidazole rings is 1. The lowest BCUT2D eigenvalue weighted by Crippen LogP contribution is -2.43. The first-order valence-electron chi connectivity index (χ1n) is 10.1. The Morgan fingerprint density at radius 1 is 1.18 bits per heavy atom. The van der Waals surface area contributed by atoms with Crippen LogP contribution in [0.3, 0.4) is 0 Å². The number of nitrogens with one attached hydrogen (secondary N) is 2. The number of aryl methyl sites for hydroxylation is 2. The van der Waals surface area contributed by atoms with Crippen molar-refractivity contribution in [1.82, 2.24) is 15.3 Å². The van der Waals surface area contributed by atoms with Gasteiger partial charge in [0.1, 0.15) is 0 Å². The summed E-state index contributed by atoms with van der Waals surface area (Å²) in [7, 11) is 0. The molecule has 2 aromatic carbocycles. The van der Waals surface area contributed by atoms with Gasteiger partial charge in [0.15, 0.2) is 0 Å². The Labute approximate surface area is 166 Å². The van der Waals surface area contributed by atoms with Crippen LogP contribution in [0.1, 0.15) is 29.5 Å². The summed E-state index contributed by atoms with van der Waals surface area (Å²) in [6, 6.07) is 14.7. The Morgan fingerprint density at radius 3 is 2.79 bits per heavy atom. The van der Waals surface area contributed by atoms with Crippen LogP contribution in [0.2, 0.25) is 0 Å². The van der Waals surface area contributed by atoms with E-state index in [0.717, 1.165) is 49.3 Å². The van der Waals surface area contributed by atoms with Crippen LogP contribution in [-0.4, -0.2) is 35.5 Å². The SMILES string of the molecule is Cc1ccc(CCNC(=O)C2CCCN(c3nc4ccc(C)cc4[nH]3)C2)cc1. The topological polar surface area (TPSA) is 61.0 Å². The summed E-state index contributed by atoms with van der Waals surface area (Å²) in [5.41, 5.74) is 5.77. The number of carbonyl (C=O) groups is 1. The molecule has 5 heteroatoms. The summed E-state index contributed by atoms with van der Waals surface area (Å²) < 4.78 is 0. The second-order valence-electron chi connectivity index (χ2n) is 7.89. The Hall–Kier alpha value is -2.82. The second kappa shape index (κ2) is 8.05. The maximum Gasteiger partial charge on any atom is 0.224 e. The van der Waals surface area contributed by atoms with Crippen molar-refractivity contribution < 1.29 is 4.79 Å². The second-order valence-corrected chi connectivity index (χ2v) is 7.89. The molecule has 3 aromatic rings. The molecule has 0 saturated carbocycles. The molecule has 4 rings (SSSR count). The lowest BCUT2D eigenvalue weighted by Gasteiger charge is -2.31. The van der Waals surface area contributed by atoms with Gasteiger partial charge in [0, 0.05) is 19.6 Å². The third kappa shape index (κ3) is 4.19. The lowest BCUT2D eigenvalue weighted by molar-refractivity contribution is -0.125. The minimum absolute atomic E-state index is 0.0155. The fourth-order valence-corrected chi connectivity index (χ4v) is 3.87. The number of benzene rings is 2. The van der Waals surface area contributed by atoms with E-state index >= 15 is 0 Å². The van der Waals surface area contributed by atoms with Gasteiger partial charge in [0.05, 0.1) is 17.0 Å². The average molecular weight is 377 g/mol. The number of nitrogens with zero attached hydrogens (tertiary/aromatic N) is 2. The molecule has 146 valence electrons. The highest BCUT2D eigenvalue weighted by Gasteiger charge is 2.27. The van der Waals surface area contributed by atoms with Crippen molar-refractivity contribution in [2.45, 2.75) is 33.1 Å². The van der Waals surface area contributed by atoms with Crippen LogP contribution < -0.4 is 10.2 Å². The van der Waals surface area contributed by atoms with E-state index in [4.69, 9.17) is 4.98 Å². The van der Waals surface area contributed by atoms with E-state index in [0.29, 0.717) is 6.54 Å². The number of aromatic amines is 1. The van der Waals surface area contributed by atoms with Crippen LogP contribution in [0, 0.1) is 19.8 Å². The van der Waals surface area contributed by atoms with Crippen molar-refractivity contribution in [3.63, 3.8) is 0 Å². The quantitative estimate of drug-likeness (QED) is 0.713. The molecule has 0 spiro atoms. The van der Waals surface area contributed by atoms with Crippen molar-refractivity contribution in [3.8, 4) is 0 Å². The number of H-pyrrole nitrogens is 1. The normalized spacial score (nSPS) is 17.1. The molecule has 1 saturated heterocycles. The highest BCUT2D eigenvalue weighted by molar-refractivity contribution is 5.80. The number of hydrogen-bond donors (Lipinski definition) is 2. The number of fused-ring (bicyclic) bond motifs is 1. The average Bonchev–Trinajstić information content (AvgIpc) is 3.13. The van der Waals surface area contributed by atoms with Crippen LogP contribution in [0.25, 0.3) is 11.0 Å². The van der Waals surface area contributed by atoms with Gasteiger partial charge in [0.2, 0.25) is 11.9 Å². The van der Waals surface area contributed by atoms with Gasteiger partial charge in [-0.05, 0) is 56.4 Å². The number of hydrogen-bond acceptors (Lipinski definition) is 3. The number of carbonyl (C=O) groups excluding carboxylic acids is 1. The van der Waals surface area contributed by atoms with E-state index in [1.165, 1.54) is 16.7 Å². The molecule has 28 heavy (non-hydrogen) atoms. The molecule has 1 aromatic heterocycles. The molecule has 1 aliphatic rings. The van der Waals surface area contributed by atoms with Gasteiger partial charge in [0.25, 0.3) is 0 Å². The summed E-state index contributed by atoms with van der Waals surface area (Å²) in [4.78, 5) is 23.0. The smallest absolute Gasteiger partial charge is 0.224 e. The Balaban J connectivity index is 1.34. The largest absolute Gasteiger partial charge is 0.355 e. The Kier molecular flexibility index (Phi) is 5.33. The molecule has 2 heterocycles. The van der Waals surface area contributed by atoms with E-state index in [2.05, 4.69) is 65.4 Å². The van der Waals surface area contributed by atoms with E-state index in [9.17, 15) is 4.79 Å². The molecular formula is C23H28N4O. The number of anilines is 1. The van der Waals surface area contributed by atoms with Crippen LogP contribution in [0.15, 0.2) is 42.5 Å². The summed E-state index contributed by atoms with van der Waals surface area (Å²) >= 11 is 0. The predicted molar refractivity (Wildman–Crippen MR) is 114 cm³/mol. The molecule has 1 aliphatic heterocycles. The molecule has 0 radical (unpaired) electrons. The van der Waals surface area contributed by atoms with Crippen LogP contribution >= 0.6 is 0 Å². The minimum Gasteiger partial charge on any atom is -0.355 e. The third-order valence-corrected chi connectivity index (χ3v) is 5.55. The molecule has 1 fully saturated rings. The fourth-order valence-electron chi connectivity index (χ4n) is 3.87. The zero-order valence-electron chi connectivity index (χ0n) is 16.7. The number of piperidine rings is 1. The first kappa shape index (κ1) is 18.5. The van der Waals surface area contributed by atoms with Crippen molar-refractivity contribution in [1.29, 1.82) is 0 Å². The molecule has 0 bridgehead atoms. The van der Waals surface area contributed by atoms with Gasteiger partial charge in [-0.1, -0.05) is 35.9 Å². The number of aromatic nitrogens is 2. The lowest BCUT2D eigenvalue weighted by atomic mass is 9.97. The standard InChI is InChI=1S/C23H28N4O/c1-16-5-8-18(9-6-16)11-12-24-22(28)19-4-3-13-27(15-19)23-25-20-10-7-17(2)14-21(20)26-23/h5-10,14,19H,3-4,11-13,15H2,1-2H3,(H,24,28)(H,25,26). The van der Waals surface area contributed by atoms with Gasteiger partial charge in [-0.25, -0.2) is 4.98 Å². The van der Waals surface area contributed by atoms with E-state index in [1.54, 1.807) is 0 Å². The fraction of sp³-hybridized carbons (Fsp3) is 0.391. The van der Waals surface area contributed by atoms with Crippen molar-refractivity contribution in [2.24, 2.45) is 5.92 Å². The molecule has 0 aliphatic carbocycles. The van der Waals surface area contributed by atoms with Gasteiger partial charge in [-0.3, -0.25) is 4.79 Å². The van der Waals surface area contributed by atoms with Gasteiger partial charge in [-0.2, -0.15) is 0 Å². The minimum atomic E-state index is 0.0155. The number of rotatable bonds is 5. The summed E-state index contributed by atoms with van der Waals surface area (Å²) in [6.07, 6.45) is 2.81. The van der Waals surface area contributed by atoms with Crippen molar-refractivity contribution in [2.75, 3.05) is 24.5 Å². The van der Waals surface area contributed by atoms with Crippen LogP contribution in [0.5, 0.6) is 0 Å². The van der Waals surface area contributed by atoms with Crippen molar-refractivity contribution in [3.05, 3.63) is 59.2 Å². The summed E-state index contributed by atoms with van der Waals surface area (Å²) in [5, 5.41) is 3.13. The van der Waals surface area contributed by atoms with Gasteiger partial charge >= 0.3 is 0 Å². The summed E-state index contributed by atoms with van der Waals surface area (Å²) in [5.74, 6) is 1.04. The first-order valence-corrected chi connectivity index (χ1v) is 10.1. The molecule has 1 atom stereocenters. The highest BCUT2D eigenvalue weighted by atomic mass is 16.1. The monoisotopic (exact) mass is 376 g/mol. The zero-order valence-corrected chi connectivity index (χ0v) is 16.7. The molecule has 1 amide bonds. The van der Waals surface area contributed by atoms with Crippen LogP contribution in [-0.2, 0) is 11.2 Å². The van der Waals surface area contributed by atoms with Gasteiger partial charge in [-0.15, -0.1) is 0 Å². The molecular weight excluding hydrogens is 348 g/mol. The Morgan fingerprint density at radius 2 is 1.96 bits per heavy atom. The van der Waals surface area contributed by atoms with Crippen molar-refractivity contribution >= 4 is 22.9 Å². The Bertz CT molecular complexity index is 960.